The molecule has 428 valence electrons. The van der Waals surface area contributed by atoms with Crippen molar-refractivity contribution in [3.8, 4) is 0 Å². The molecule has 0 spiro atoms. The van der Waals surface area contributed by atoms with Gasteiger partial charge in [-0.3, -0.25) is 4.79 Å². The minimum atomic E-state index is -1.66. The summed E-state index contributed by atoms with van der Waals surface area (Å²) in [5, 5.41) is 76.1. The second kappa shape index (κ2) is 50.7. The van der Waals surface area contributed by atoms with E-state index in [-0.39, 0.29) is 12.8 Å². The molecule has 1 aliphatic rings. The Hall–Kier alpha value is -1.15. The molecule has 1 saturated heterocycles. The van der Waals surface area contributed by atoms with Crippen LogP contribution in [0.4, 0.5) is 0 Å². The van der Waals surface area contributed by atoms with E-state index in [0.29, 0.717) is 12.8 Å². The van der Waals surface area contributed by atoms with E-state index < -0.39 is 74.2 Å². The number of hydrogen-bond acceptors (Lipinski definition) is 10. The van der Waals surface area contributed by atoms with Crippen molar-refractivity contribution in [3.05, 3.63) is 12.2 Å². The largest absolute Gasteiger partial charge is 0.394 e. The smallest absolute Gasteiger partial charge is 0.249 e. The Morgan fingerprint density at radius 2 is 0.819 bits per heavy atom. The van der Waals surface area contributed by atoms with E-state index in [9.17, 15) is 40.5 Å². The predicted octanol–water partition coefficient (Wildman–Crippen LogP) is 13.5. The number of allylic oxidation sites excluding steroid dienone is 2. The highest BCUT2D eigenvalue weighted by Crippen LogP contribution is 2.24. The third kappa shape index (κ3) is 38.4. The normalized spacial score (nSPS) is 20.0. The van der Waals surface area contributed by atoms with Gasteiger partial charge < -0.3 is 50.5 Å². The average molecular weight is 1030 g/mol. The molecule has 0 aliphatic carbocycles. The van der Waals surface area contributed by atoms with Gasteiger partial charge in [0, 0.05) is 0 Å². The van der Waals surface area contributed by atoms with Gasteiger partial charge in [0.05, 0.1) is 25.4 Å². The van der Waals surface area contributed by atoms with Gasteiger partial charge in [-0.05, 0) is 38.5 Å². The average Bonchev–Trinajstić information content (AvgIpc) is 3.38. The van der Waals surface area contributed by atoms with Crippen molar-refractivity contribution in [2.75, 3.05) is 13.2 Å². The highest BCUT2D eigenvalue weighted by molar-refractivity contribution is 5.80. The monoisotopic (exact) mass is 1030 g/mol. The standard InChI is InChI=1S/C61H119NO10/c1-3-5-7-9-11-13-15-17-19-20-21-22-23-24-25-26-27-28-29-30-31-32-33-34-35-37-39-41-43-45-47-49-54(65)60(70)62-52(51-71-61-59(69)58(68)57(67)55(50-63)72-61)56(66)53(64)48-46-44-42-40-38-36-18-16-14-12-10-8-6-4-2/h40,42,52-59,61,63-69H,3-39,41,43-51H2,1-2H3,(H,62,70)/b42-40+. The first-order valence-electron chi connectivity index (χ1n) is 31.1. The number of rotatable bonds is 54. The molecule has 0 aromatic carbocycles. The summed E-state index contributed by atoms with van der Waals surface area (Å²) in [6.07, 6.45) is 48.7. The third-order valence-electron chi connectivity index (χ3n) is 15.3. The number of hydrogen-bond donors (Lipinski definition) is 8. The van der Waals surface area contributed by atoms with E-state index in [2.05, 4.69) is 31.3 Å². The van der Waals surface area contributed by atoms with Gasteiger partial charge in [0.25, 0.3) is 0 Å². The van der Waals surface area contributed by atoms with Crippen LogP contribution >= 0.6 is 0 Å². The van der Waals surface area contributed by atoms with Crippen molar-refractivity contribution in [2.24, 2.45) is 0 Å². The Morgan fingerprint density at radius 3 is 1.19 bits per heavy atom. The van der Waals surface area contributed by atoms with Crippen molar-refractivity contribution in [1.29, 1.82) is 0 Å². The lowest BCUT2D eigenvalue weighted by Crippen LogP contribution is -2.60. The van der Waals surface area contributed by atoms with Gasteiger partial charge in [0.15, 0.2) is 6.29 Å². The maximum Gasteiger partial charge on any atom is 0.249 e. The SMILES string of the molecule is CCCCCCCCCCC/C=C/CCCC(O)C(O)C(COC1OC(CO)C(O)C(O)C1O)NC(=O)C(O)CCCCCCCCCCCCCCCCCCCCCCCCCCCCCCCCC. The zero-order valence-corrected chi connectivity index (χ0v) is 46.9. The van der Waals surface area contributed by atoms with E-state index in [0.717, 1.165) is 38.5 Å². The summed E-state index contributed by atoms with van der Waals surface area (Å²) in [6, 6.07) is -1.18. The van der Waals surface area contributed by atoms with Crippen molar-refractivity contribution >= 4 is 5.91 Å². The Kier molecular flexibility index (Phi) is 48.4. The van der Waals surface area contributed by atoms with E-state index in [4.69, 9.17) is 9.47 Å². The molecule has 1 rings (SSSR count). The highest BCUT2D eigenvalue weighted by Gasteiger charge is 2.44. The topological polar surface area (TPSA) is 189 Å². The molecule has 0 aromatic rings. The molecule has 0 bridgehead atoms. The number of nitrogens with one attached hydrogen (secondary N) is 1. The lowest BCUT2D eigenvalue weighted by molar-refractivity contribution is -0.303. The Morgan fingerprint density at radius 1 is 0.472 bits per heavy atom. The maximum absolute atomic E-state index is 13.2. The Bertz CT molecular complexity index is 1180. The fourth-order valence-corrected chi connectivity index (χ4v) is 10.3. The first-order chi connectivity index (χ1) is 35.2. The number of unbranched alkanes of at least 4 members (excludes halogenated alkanes) is 40. The van der Waals surface area contributed by atoms with E-state index >= 15 is 0 Å². The van der Waals surface area contributed by atoms with Crippen molar-refractivity contribution in [1.82, 2.24) is 5.32 Å². The van der Waals surface area contributed by atoms with Gasteiger partial charge in [-0.15, -0.1) is 0 Å². The summed E-state index contributed by atoms with van der Waals surface area (Å²) in [5.74, 6) is -0.700. The van der Waals surface area contributed by atoms with Gasteiger partial charge >= 0.3 is 0 Å². The molecule has 0 radical (unpaired) electrons. The molecule has 11 heteroatoms. The maximum atomic E-state index is 13.2. The van der Waals surface area contributed by atoms with Crippen LogP contribution in [0.25, 0.3) is 0 Å². The van der Waals surface area contributed by atoms with Gasteiger partial charge in [-0.25, -0.2) is 0 Å². The molecule has 1 fully saturated rings. The summed E-state index contributed by atoms with van der Waals surface area (Å²) < 4.78 is 11.1. The van der Waals surface area contributed by atoms with Crippen LogP contribution in [-0.2, 0) is 14.3 Å². The van der Waals surface area contributed by atoms with Gasteiger partial charge in [-0.2, -0.15) is 0 Å². The Labute approximate surface area is 442 Å². The lowest BCUT2D eigenvalue weighted by Gasteiger charge is -2.40. The summed E-state index contributed by atoms with van der Waals surface area (Å²) >= 11 is 0. The van der Waals surface area contributed by atoms with Gasteiger partial charge in [0.1, 0.15) is 36.6 Å². The predicted molar refractivity (Wildman–Crippen MR) is 298 cm³/mol. The highest BCUT2D eigenvalue weighted by atomic mass is 16.7. The molecule has 8 N–H and O–H groups in total. The van der Waals surface area contributed by atoms with Gasteiger partial charge in [0.2, 0.25) is 5.91 Å². The number of amides is 1. The second-order valence-corrected chi connectivity index (χ2v) is 22.1. The molecule has 0 aromatic heterocycles. The summed E-state index contributed by atoms with van der Waals surface area (Å²) in [4.78, 5) is 13.2. The minimum absolute atomic E-state index is 0.260. The number of aliphatic hydroxyl groups excluding tert-OH is 7. The fraction of sp³-hybridized carbons (Fsp3) is 0.951. The van der Waals surface area contributed by atoms with Crippen LogP contribution in [0.3, 0.4) is 0 Å². The van der Waals surface area contributed by atoms with Crippen molar-refractivity contribution in [2.45, 2.75) is 358 Å². The first kappa shape index (κ1) is 68.9. The third-order valence-corrected chi connectivity index (χ3v) is 15.3. The van der Waals surface area contributed by atoms with Crippen LogP contribution < -0.4 is 5.32 Å². The van der Waals surface area contributed by atoms with Crippen LogP contribution in [-0.4, -0.2) is 110 Å². The summed E-state index contributed by atoms with van der Waals surface area (Å²) in [6.45, 7) is 3.47. The van der Waals surface area contributed by atoms with Crippen LogP contribution in [0.1, 0.15) is 303 Å². The molecular formula is C61H119NO10. The molecule has 1 aliphatic heterocycles. The molecule has 9 unspecified atom stereocenters. The number of carbonyl (C=O) groups excluding carboxylic acids is 1. The second-order valence-electron chi connectivity index (χ2n) is 22.1. The zero-order valence-electron chi connectivity index (χ0n) is 46.9. The van der Waals surface area contributed by atoms with E-state index in [1.807, 2.05) is 0 Å². The Balaban J connectivity index is 2.19. The molecule has 9 atom stereocenters. The fourth-order valence-electron chi connectivity index (χ4n) is 10.3. The number of ether oxygens (including phenoxy) is 2. The lowest BCUT2D eigenvalue weighted by atomic mass is 9.98. The van der Waals surface area contributed by atoms with E-state index in [1.54, 1.807) is 0 Å². The van der Waals surface area contributed by atoms with Crippen LogP contribution in [0.2, 0.25) is 0 Å². The van der Waals surface area contributed by atoms with E-state index in [1.165, 1.54) is 225 Å². The molecular weight excluding hydrogens is 907 g/mol. The van der Waals surface area contributed by atoms with Crippen LogP contribution in [0.15, 0.2) is 12.2 Å². The molecule has 72 heavy (non-hydrogen) atoms. The molecule has 11 nitrogen and oxygen atoms in total. The van der Waals surface area contributed by atoms with Crippen LogP contribution in [0.5, 0.6) is 0 Å². The molecule has 1 heterocycles. The van der Waals surface area contributed by atoms with Crippen molar-refractivity contribution in [3.63, 3.8) is 0 Å². The summed E-state index contributed by atoms with van der Waals surface area (Å²) in [7, 11) is 0. The zero-order chi connectivity index (χ0) is 52.5. The number of aliphatic hydroxyl groups is 7. The quantitative estimate of drug-likeness (QED) is 0.0215. The molecule has 0 saturated carbocycles. The molecule has 1 amide bonds. The van der Waals surface area contributed by atoms with Crippen LogP contribution in [0, 0.1) is 0 Å². The summed E-state index contributed by atoms with van der Waals surface area (Å²) in [5.41, 5.74) is 0. The minimum Gasteiger partial charge on any atom is -0.394 e. The number of carbonyl (C=O) groups is 1. The van der Waals surface area contributed by atoms with Gasteiger partial charge in [-0.1, -0.05) is 276 Å². The first-order valence-corrected chi connectivity index (χ1v) is 31.1. The van der Waals surface area contributed by atoms with Crippen molar-refractivity contribution < 1.29 is 50.0 Å².